The molecule has 0 aliphatic heterocycles. The molecule has 7 nitrogen and oxygen atoms in total. The molecule has 0 N–H and O–H groups in total. The third-order valence-corrected chi connectivity index (χ3v) is 3.28. The Kier molecular flexibility index (Phi) is 3.77. The number of hydrogen-bond acceptors (Lipinski definition) is 5. The molecule has 0 bridgehead atoms. The highest BCUT2D eigenvalue weighted by molar-refractivity contribution is 5.83. The summed E-state index contributed by atoms with van der Waals surface area (Å²) in [5, 5.41) is 15.7. The zero-order chi connectivity index (χ0) is 16.4. The van der Waals surface area contributed by atoms with Crippen LogP contribution in [0.4, 0.5) is 4.79 Å². The maximum atomic E-state index is 12.6. The van der Waals surface area contributed by atoms with Crippen LogP contribution in [0.5, 0.6) is 0 Å². The van der Waals surface area contributed by atoms with Crippen LogP contribution in [0.25, 0.3) is 11.3 Å². The van der Waals surface area contributed by atoms with E-state index >= 15 is 0 Å². The maximum absolute atomic E-state index is 12.6. The van der Waals surface area contributed by atoms with Crippen LogP contribution in [0.15, 0.2) is 42.7 Å². The van der Waals surface area contributed by atoms with Crippen LogP contribution in [0, 0.1) is 5.41 Å². The Balaban J connectivity index is 2.12. The highest BCUT2D eigenvalue weighted by atomic mass is 16.2. The lowest BCUT2D eigenvalue weighted by atomic mass is 9.89. The number of aromatic nitrogens is 6. The van der Waals surface area contributed by atoms with Gasteiger partial charge in [-0.15, -0.1) is 10.2 Å². The van der Waals surface area contributed by atoms with Gasteiger partial charge in [0.2, 0.25) is 0 Å². The summed E-state index contributed by atoms with van der Waals surface area (Å²) >= 11 is 0. The maximum Gasteiger partial charge on any atom is 0.372 e. The van der Waals surface area contributed by atoms with Gasteiger partial charge in [-0.2, -0.15) is 9.36 Å². The van der Waals surface area contributed by atoms with Gasteiger partial charge in [0.1, 0.15) is 5.69 Å². The van der Waals surface area contributed by atoms with E-state index in [-0.39, 0.29) is 5.41 Å². The Morgan fingerprint density at radius 2 is 1.87 bits per heavy atom. The first kappa shape index (κ1) is 15.1. The van der Waals surface area contributed by atoms with Gasteiger partial charge >= 0.3 is 6.03 Å². The minimum absolute atomic E-state index is 0.0285. The van der Waals surface area contributed by atoms with Crippen LogP contribution in [-0.4, -0.2) is 36.0 Å². The molecule has 1 aromatic carbocycles. The molecule has 3 aromatic rings. The van der Waals surface area contributed by atoms with Crippen molar-refractivity contribution < 1.29 is 4.79 Å². The van der Waals surface area contributed by atoms with Crippen LogP contribution < -0.4 is 0 Å². The van der Waals surface area contributed by atoms with Crippen LogP contribution >= 0.6 is 0 Å². The van der Waals surface area contributed by atoms with E-state index in [1.807, 2.05) is 30.3 Å². The van der Waals surface area contributed by atoms with Gasteiger partial charge in [-0.25, -0.2) is 4.79 Å². The smallest absolute Gasteiger partial charge is 0.243 e. The first-order valence-electron chi connectivity index (χ1n) is 7.37. The van der Waals surface area contributed by atoms with Crippen molar-refractivity contribution in [2.45, 2.75) is 27.2 Å². The fourth-order valence-corrected chi connectivity index (χ4v) is 2.36. The summed E-state index contributed by atoms with van der Waals surface area (Å²) in [5.74, 6) is 0. The van der Waals surface area contributed by atoms with Gasteiger partial charge in [0, 0.05) is 5.56 Å². The molecule has 2 heterocycles. The third kappa shape index (κ3) is 3.18. The molecule has 23 heavy (non-hydrogen) atoms. The van der Waals surface area contributed by atoms with Gasteiger partial charge < -0.3 is 0 Å². The highest BCUT2D eigenvalue weighted by Gasteiger charge is 2.24. The molecule has 0 atom stereocenters. The van der Waals surface area contributed by atoms with E-state index < -0.39 is 6.03 Å². The number of carbonyl (C=O) groups is 1. The molecule has 2 aromatic heterocycles. The normalized spacial score (nSPS) is 11.6. The van der Waals surface area contributed by atoms with E-state index in [9.17, 15) is 4.79 Å². The van der Waals surface area contributed by atoms with Crippen LogP contribution in [0.2, 0.25) is 0 Å². The topological polar surface area (TPSA) is 78.5 Å². The predicted molar refractivity (Wildman–Crippen MR) is 84.8 cm³/mol. The van der Waals surface area contributed by atoms with Gasteiger partial charge in [0.15, 0.2) is 0 Å². The lowest BCUT2D eigenvalue weighted by molar-refractivity contribution is 0.237. The SMILES string of the molecule is CC(C)(C)Cc1nnn(C(=O)n2ccnn2)c1-c1ccccc1. The lowest BCUT2D eigenvalue weighted by Crippen LogP contribution is -2.22. The van der Waals surface area contributed by atoms with E-state index in [4.69, 9.17) is 0 Å². The van der Waals surface area contributed by atoms with Crippen molar-refractivity contribution in [2.24, 2.45) is 5.41 Å². The Bertz CT molecular complexity index is 799. The number of benzene rings is 1. The first-order valence-corrected chi connectivity index (χ1v) is 7.37. The van der Waals surface area contributed by atoms with Crippen molar-refractivity contribution in [2.75, 3.05) is 0 Å². The van der Waals surface area contributed by atoms with Crippen molar-refractivity contribution in [3.8, 4) is 11.3 Å². The highest BCUT2D eigenvalue weighted by Crippen LogP contribution is 2.28. The molecule has 0 amide bonds. The average molecular weight is 310 g/mol. The summed E-state index contributed by atoms with van der Waals surface area (Å²) in [7, 11) is 0. The lowest BCUT2D eigenvalue weighted by Gasteiger charge is -2.17. The molecule has 118 valence electrons. The van der Waals surface area contributed by atoms with E-state index in [1.54, 1.807) is 0 Å². The molecule has 7 heteroatoms. The molecule has 3 rings (SSSR count). The first-order chi connectivity index (χ1) is 11.0. The van der Waals surface area contributed by atoms with E-state index in [0.717, 1.165) is 15.9 Å². The molecule has 0 saturated heterocycles. The fourth-order valence-electron chi connectivity index (χ4n) is 2.36. The summed E-state index contributed by atoms with van der Waals surface area (Å²) in [4.78, 5) is 12.6. The minimum Gasteiger partial charge on any atom is -0.243 e. The van der Waals surface area contributed by atoms with Crippen molar-refractivity contribution in [3.63, 3.8) is 0 Å². The quantitative estimate of drug-likeness (QED) is 0.727. The van der Waals surface area contributed by atoms with E-state index in [1.165, 1.54) is 17.1 Å². The average Bonchev–Trinajstić information content (AvgIpc) is 3.15. The number of hydrogen-bond donors (Lipinski definition) is 0. The number of rotatable bonds is 2. The molecule has 0 spiro atoms. The summed E-state index contributed by atoms with van der Waals surface area (Å²) < 4.78 is 2.42. The molecule has 0 aliphatic carbocycles. The van der Waals surface area contributed by atoms with Gasteiger partial charge in [-0.3, -0.25) is 0 Å². The van der Waals surface area contributed by atoms with Gasteiger partial charge in [0.25, 0.3) is 0 Å². The van der Waals surface area contributed by atoms with E-state index in [0.29, 0.717) is 12.1 Å². The molecule has 0 aliphatic rings. The summed E-state index contributed by atoms with van der Waals surface area (Å²) in [5.41, 5.74) is 2.41. The Morgan fingerprint density at radius 1 is 1.13 bits per heavy atom. The minimum atomic E-state index is -0.408. The van der Waals surface area contributed by atoms with Gasteiger partial charge in [-0.05, 0) is 11.8 Å². The second kappa shape index (κ2) is 5.75. The van der Waals surface area contributed by atoms with Crippen LogP contribution in [0.3, 0.4) is 0 Å². The van der Waals surface area contributed by atoms with Gasteiger partial charge in [0.05, 0.1) is 18.1 Å². The molecular weight excluding hydrogens is 292 g/mol. The van der Waals surface area contributed by atoms with Crippen molar-refractivity contribution in [1.82, 2.24) is 30.0 Å². The third-order valence-electron chi connectivity index (χ3n) is 3.28. The summed E-state index contributed by atoms with van der Waals surface area (Å²) in [6.07, 6.45) is 3.65. The molecule has 0 fully saturated rings. The zero-order valence-electron chi connectivity index (χ0n) is 13.3. The van der Waals surface area contributed by atoms with Gasteiger partial charge in [-0.1, -0.05) is 61.5 Å². The van der Waals surface area contributed by atoms with E-state index in [2.05, 4.69) is 41.4 Å². The Morgan fingerprint density at radius 3 is 2.48 bits per heavy atom. The summed E-state index contributed by atoms with van der Waals surface area (Å²) in [6.45, 7) is 6.38. The molecule has 0 saturated carbocycles. The second-order valence-corrected chi connectivity index (χ2v) is 6.53. The zero-order valence-corrected chi connectivity index (χ0v) is 13.3. The second-order valence-electron chi connectivity index (χ2n) is 6.53. The molecule has 0 unspecified atom stereocenters. The number of nitrogens with zero attached hydrogens (tertiary/aromatic N) is 6. The standard InChI is InChI=1S/C16H18N6O/c1-16(2,3)11-13-14(12-7-5-4-6-8-12)22(20-18-13)15(23)21-10-9-17-19-21/h4-10H,11H2,1-3H3. The Hall–Kier alpha value is -2.83. The number of carbonyl (C=O) groups excluding carboxylic acids is 1. The van der Waals surface area contributed by atoms with Crippen molar-refractivity contribution in [1.29, 1.82) is 0 Å². The Labute approximate surface area is 133 Å². The molecule has 0 radical (unpaired) electrons. The molecular formula is C16H18N6O. The monoisotopic (exact) mass is 310 g/mol. The van der Waals surface area contributed by atoms with Crippen molar-refractivity contribution >= 4 is 6.03 Å². The fraction of sp³-hybridized carbons (Fsp3) is 0.312. The predicted octanol–water partition coefficient (Wildman–Crippen LogP) is 2.64. The van der Waals surface area contributed by atoms with Crippen LogP contribution in [0.1, 0.15) is 26.5 Å². The van der Waals surface area contributed by atoms with Crippen molar-refractivity contribution in [3.05, 3.63) is 48.4 Å². The largest absolute Gasteiger partial charge is 0.372 e. The summed E-state index contributed by atoms with van der Waals surface area (Å²) in [6, 6.07) is 9.25. The van der Waals surface area contributed by atoms with Crippen LogP contribution in [-0.2, 0) is 6.42 Å².